The van der Waals surface area contributed by atoms with Crippen molar-refractivity contribution >= 4 is 22.9 Å². The van der Waals surface area contributed by atoms with Crippen molar-refractivity contribution in [2.45, 2.75) is 51.0 Å². The Balaban J connectivity index is 1.56. The van der Waals surface area contributed by atoms with Crippen LogP contribution in [0, 0.1) is 11.8 Å². The van der Waals surface area contributed by atoms with E-state index in [9.17, 15) is 0 Å². The zero-order chi connectivity index (χ0) is 12.4. The fraction of sp³-hybridized carbons (Fsp3) is 0.733. The van der Waals surface area contributed by atoms with Gasteiger partial charge in [0, 0.05) is 10.9 Å². The molecule has 0 aromatic carbocycles. The quantitative estimate of drug-likeness (QED) is 0.839. The van der Waals surface area contributed by atoms with Gasteiger partial charge in [-0.25, -0.2) is 0 Å². The first kappa shape index (κ1) is 13.0. The van der Waals surface area contributed by atoms with E-state index in [0.717, 1.165) is 22.2 Å². The fourth-order valence-electron chi connectivity index (χ4n) is 3.15. The summed E-state index contributed by atoms with van der Waals surface area (Å²) in [7, 11) is 0. The summed E-state index contributed by atoms with van der Waals surface area (Å²) in [6.45, 7) is 1.24. The van der Waals surface area contributed by atoms with Crippen molar-refractivity contribution in [2.24, 2.45) is 11.8 Å². The molecule has 2 aliphatic rings. The molecule has 2 unspecified atom stereocenters. The third-order valence-corrected chi connectivity index (χ3v) is 5.66. The van der Waals surface area contributed by atoms with Crippen LogP contribution in [-0.2, 0) is 6.42 Å². The summed E-state index contributed by atoms with van der Waals surface area (Å²) in [6, 6.07) is 5.11. The predicted octanol–water partition coefficient (Wildman–Crippen LogP) is 4.50. The summed E-state index contributed by atoms with van der Waals surface area (Å²) in [5.74, 6) is 1.76. The maximum Gasteiger partial charge on any atom is 0.0931 e. The number of halogens is 1. The Bertz CT molecular complexity index is 386. The summed E-state index contributed by atoms with van der Waals surface area (Å²) in [6.07, 6.45) is 9.72. The third-order valence-electron chi connectivity index (χ3n) is 4.40. The van der Waals surface area contributed by atoms with Crippen molar-refractivity contribution in [1.82, 2.24) is 5.32 Å². The molecule has 1 aromatic rings. The van der Waals surface area contributed by atoms with Gasteiger partial charge in [-0.15, -0.1) is 11.3 Å². The minimum atomic E-state index is 0.851. The Labute approximate surface area is 119 Å². The van der Waals surface area contributed by atoms with Gasteiger partial charge < -0.3 is 5.32 Å². The molecule has 100 valence electrons. The van der Waals surface area contributed by atoms with Gasteiger partial charge in [-0.05, 0) is 62.6 Å². The predicted molar refractivity (Wildman–Crippen MR) is 79.5 cm³/mol. The van der Waals surface area contributed by atoms with Crippen LogP contribution < -0.4 is 5.32 Å². The van der Waals surface area contributed by atoms with Crippen LogP contribution in [0.25, 0.3) is 0 Å². The minimum absolute atomic E-state index is 0.851. The van der Waals surface area contributed by atoms with Crippen molar-refractivity contribution in [1.29, 1.82) is 0 Å². The summed E-state index contributed by atoms with van der Waals surface area (Å²) in [5.41, 5.74) is 0. The van der Waals surface area contributed by atoms with Crippen LogP contribution in [0.2, 0.25) is 4.34 Å². The van der Waals surface area contributed by atoms with E-state index >= 15 is 0 Å². The zero-order valence-electron chi connectivity index (χ0n) is 10.8. The van der Waals surface area contributed by atoms with Gasteiger partial charge in [-0.1, -0.05) is 24.4 Å². The lowest BCUT2D eigenvalue weighted by Gasteiger charge is -2.31. The minimum Gasteiger partial charge on any atom is -0.314 e. The molecule has 1 nitrogen and oxygen atoms in total. The van der Waals surface area contributed by atoms with Gasteiger partial charge in [0.1, 0.15) is 0 Å². The molecule has 0 spiro atoms. The van der Waals surface area contributed by atoms with Crippen LogP contribution in [0.5, 0.6) is 0 Å². The molecule has 0 radical (unpaired) electrons. The molecule has 2 aliphatic carbocycles. The van der Waals surface area contributed by atoms with Gasteiger partial charge in [-0.2, -0.15) is 0 Å². The Hall–Kier alpha value is -0.0500. The molecule has 1 heterocycles. The van der Waals surface area contributed by atoms with Gasteiger partial charge in [0.15, 0.2) is 0 Å². The average molecular weight is 284 g/mol. The summed E-state index contributed by atoms with van der Waals surface area (Å²) < 4.78 is 0.938. The van der Waals surface area contributed by atoms with E-state index in [4.69, 9.17) is 11.6 Å². The molecule has 2 fully saturated rings. The molecule has 3 heteroatoms. The summed E-state index contributed by atoms with van der Waals surface area (Å²) >= 11 is 7.80. The average Bonchev–Trinajstić information content (AvgIpc) is 3.12. The highest BCUT2D eigenvalue weighted by Gasteiger charge is 2.28. The van der Waals surface area contributed by atoms with E-state index in [1.807, 2.05) is 6.07 Å². The fourth-order valence-corrected chi connectivity index (χ4v) is 4.33. The van der Waals surface area contributed by atoms with E-state index in [-0.39, 0.29) is 0 Å². The second-order valence-electron chi connectivity index (χ2n) is 5.90. The van der Waals surface area contributed by atoms with Gasteiger partial charge in [0.05, 0.1) is 4.34 Å². The van der Waals surface area contributed by atoms with E-state index in [2.05, 4.69) is 11.4 Å². The molecule has 0 bridgehead atoms. The van der Waals surface area contributed by atoms with E-state index in [0.29, 0.717) is 0 Å². The SMILES string of the molecule is Clc1ccc(CC2CCCCC2CNC2CC2)s1. The highest BCUT2D eigenvalue weighted by molar-refractivity contribution is 7.16. The topological polar surface area (TPSA) is 12.0 Å². The van der Waals surface area contributed by atoms with Crippen LogP contribution in [0.3, 0.4) is 0 Å². The standard InChI is InChI=1S/C15H22ClNS/c16-15-8-7-14(18-15)9-11-3-1-2-4-12(11)10-17-13-5-6-13/h7-8,11-13,17H,1-6,9-10H2. The van der Waals surface area contributed by atoms with Gasteiger partial charge >= 0.3 is 0 Å². The van der Waals surface area contributed by atoms with Gasteiger partial charge in [0.2, 0.25) is 0 Å². The van der Waals surface area contributed by atoms with Crippen molar-refractivity contribution in [3.05, 3.63) is 21.3 Å². The maximum absolute atomic E-state index is 6.03. The monoisotopic (exact) mass is 283 g/mol. The highest BCUT2D eigenvalue weighted by atomic mass is 35.5. The number of rotatable bonds is 5. The largest absolute Gasteiger partial charge is 0.314 e. The lowest BCUT2D eigenvalue weighted by atomic mass is 9.77. The summed E-state index contributed by atoms with van der Waals surface area (Å²) in [5, 5.41) is 3.72. The Morgan fingerprint density at radius 3 is 2.56 bits per heavy atom. The van der Waals surface area contributed by atoms with Crippen LogP contribution in [-0.4, -0.2) is 12.6 Å². The smallest absolute Gasteiger partial charge is 0.0931 e. The van der Waals surface area contributed by atoms with E-state index < -0.39 is 0 Å². The van der Waals surface area contributed by atoms with Gasteiger partial charge in [0.25, 0.3) is 0 Å². The Morgan fingerprint density at radius 2 is 1.89 bits per heavy atom. The second-order valence-corrected chi connectivity index (χ2v) is 7.70. The van der Waals surface area contributed by atoms with Crippen LogP contribution in [0.15, 0.2) is 12.1 Å². The number of nitrogens with one attached hydrogen (secondary N) is 1. The molecule has 0 saturated heterocycles. The van der Waals surface area contributed by atoms with Crippen molar-refractivity contribution in [2.75, 3.05) is 6.54 Å². The first-order valence-corrected chi connectivity index (χ1v) is 8.48. The molecule has 1 N–H and O–H groups in total. The number of hydrogen-bond donors (Lipinski definition) is 1. The lowest BCUT2D eigenvalue weighted by molar-refractivity contribution is 0.229. The molecule has 2 atom stereocenters. The first-order valence-electron chi connectivity index (χ1n) is 7.29. The highest BCUT2D eigenvalue weighted by Crippen LogP contribution is 2.35. The van der Waals surface area contributed by atoms with Crippen LogP contribution >= 0.6 is 22.9 Å². The molecule has 3 rings (SSSR count). The number of hydrogen-bond acceptors (Lipinski definition) is 2. The Kier molecular flexibility index (Phi) is 4.27. The normalized spacial score (nSPS) is 28.5. The van der Waals surface area contributed by atoms with E-state index in [1.165, 1.54) is 56.4 Å². The maximum atomic E-state index is 6.03. The molecule has 0 aliphatic heterocycles. The van der Waals surface area contributed by atoms with Crippen LogP contribution in [0.4, 0.5) is 0 Å². The van der Waals surface area contributed by atoms with Crippen LogP contribution in [0.1, 0.15) is 43.4 Å². The zero-order valence-corrected chi connectivity index (χ0v) is 12.4. The molecular weight excluding hydrogens is 262 g/mol. The van der Waals surface area contributed by atoms with Crippen molar-refractivity contribution in [3.8, 4) is 0 Å². The molecular formula is C15H22ClNS. The molecule has 2 saturated carbocycles. The number of thiophene rings is 1. The van der Waals surface area contributed by atoms with Gasteiger partial charge in [-0.3, -0.25) is 0 Å². The molecule has 18 heavy (non-hydrogen) atoms. The van der Waals surface area contributed by atoms with E-state index in [1.54, 1.807) is 11.3 Å². The van der Waals surface area contributed by atoms with Crippen molar-refractivity contribution < 1.29 is 0 Å². The Morgan fingerprint density at radius 1 is 1.11 bits per heavy atom. The second kappa shape index (κ2) is 5.94. The van der Waals surface area contributed by atoms with Crippen molar-refractivity contribution in [3.63, 3.8) is 0 Å². The molecule has 1 aromatic heterocycles. The summed E-state index contributed by atoms with van der Waals surface area (Å²) in [4.78, 5) is 1.48. The first-order chi connectivity index (χ1) is 8.81. The molecule has 0 amide bonds. The third kappa shape index (κ3) is 3.49. The lowest BCUT2D eigenvalue weighted by Crippen LogP contribution is -2.32.